The molecule has 0 aliphatic heterocycles. The molecule has 0 saturated carbocycles. The molecule has 124 valence electrons. The highest BCUT2D eigenvalue weighted by Crippen LogP contribution is 2.15. The Labute approximate surface area is 143 Å². The number of H-pyrrole nitrogens is 1. The van der Waals surface area contributed by atoms with Crippen LogP contribution in [0.1, 0.15) is 27.6 Å². The van der Waals surface area contributed by atoms with Crippen LogP contribution in [0.3, 0.4) is 0 Å². The molecule has 0 atom stereocenters. The molecule has 2 aromatic heterocycles. The summed E-state index contributed by atoms with van der Waals surface area (Å²) >= 11 is 1.49. The Morgan fingerprint density at radius 1 is 1.12 bits per heavy atom. The van der Waals surface area contributed by atoms with Crippen molar-refractivity contribution in [2.75, 3.05) is 12.3 Å². The fraction of sp³-hybridized carbons (Fsp3) is 0.312. The van der Waals surface area contributed by atoms with Crippen LogP contribution in [0.15, 0.2) is 23.4 Å². The Hall–Kier alpha value is -2.48. The minimum absolute atomic E-state index is 0.122. The van der Waals surface area contributed by atoms with E-state index in [1.807, 2.05) is 26.8 Å². The summed E-state index contributed by atoms with van der Waals surface area (Å²) in [5, 5.41) is 10.4. The summed E-state index contributed by atoms with van der Waals surface area (Å²) in [5.41, 5.74) is 3.89. The molecule has 0 unspecified atom stereocenters. The van der Waals surface area contributed by atoms with E-state index >= 15 is 0 Å². The number of carbonyl (C=O) groups is 1. The zero-order valence-electron chi connectivity index (χ0n) is 13.8. The Balaban J connectivity index is 1.60. The fourth-order valence-electron chi connectivity index (χ4n) is 2.17. The van der Waals surface area contributed by atoms with Gasteiger partial charge in [0.15, 0.2) is 0 Å². The number of aryl methyl sites for hydroxylation is 3. The van der Waals surface area contributed by atoms with Gasteiger partial charge in [0.1, 0.15) is 5.82 Å². The molecule has 0 fully saturated rings. The summed E-state index contributed by atoms with van der Waals surface area (Å²) in [6, 6.07) is 5.37. The SMILES string of the molecule is Cc1nc(SCCNC(=O)c2ccc3nc(C)c(C)nc3c2)n[nH]1. The normalized spacial score (nSPS) is 11.0. The number of nitrogens with one attached hydrogen (secondary N) is 2. The highest BCUT2D eigenvalue weighted by atomic mass is 32.2. The minimum atomic E-state index is -0.122. The standard InChI is InChI=1S/C16H18N6OS/c1-9-10(2)19-14-8-12(4-5-13(14)18-9)15(23)17-6-7-24-16-20-11(3)21-22-16/h4-5,8H,6-7H2,1-3H3,(H,17,23)(H,20,21,22). The van der Waals surface area contributed by atoms with Crippen molar-refractivity contribution in [1.82, 2.24) is 30.5 Å². The van der Waals surface area contributed by atoms with Crippen LogP contribution in [-0.4, -0.2) is 43.4 Å². The third-order valence-corrected chi connectivity index (χ3v) is 4.38. The van der Waals surface area contributed by atoms with E-state index in [1.165, 1.54) is 11.8 Å². The largest absolute Gasteiger partial charge is 0.351 e. The Morgan fingerprint density at radius 3 is 2.58 bits per heavy atom. The van der Waals surface area contributed by atoms with Crippen LogP contribution in [0.4, 0.5) is 0 Å². The molecule has 3 aromatic rings. The lowest BCUT2D eigenvalue weighted by Gasteiger charge is -2.06. The minimum Gasteiger partial charge on any atom is -0.351 e. The van der Waals surface area contributed by atoms with Crippen LogP contribution >= 0.6 is 11.8 Å². The number of thioether (sulfide) groups is 1. The first-order valence-corrected chi connectivity index (χ1v) is 8.56. The molecule has 3 rings (SSSR count). The number of hydrogen-bond donors (Lipinski definition) is 2. The van der Waals surface area contributed by atoms with E-state index in [2.05, 4.69) is 30.5 Å². The quantitative estimate of drug-likeness (QED) is 0.545. The van der Waals surface area contributed by atoms with Crippen LogP contribution in [0.25, 0.3) is 11.0 Å². The van der Waals surface area contributed by atoms with Crippen molar-refractivity contribution in [2.24, 2.45) is 0 Å². The molecule has 1 amide bonds. The molecule has 8 heteroatoms. The van der Waals surface area contributed by atoms with Crippen molar-refractivity contribution in [3.8, 4) is 0 Å². The molecule has 0 aliphatic rings. The van der Waals surface area contributed by atoms with E-state index in [0.717, 1.165) is 28.2 Å². The second kappa shape index (κ2) is 6.96. The maximum Gasteiger partial charge on any atom is 0.251 e. The molecule has 0 bridgehead atoms. The molecule has 0 aliphatic carbocycles. The average molecular weight is 342 g/mol. The van der Waals surface area contributed by atoms with E-state index < -0.39 is 0 Å². The van der Waals surface area contributed by atoms with Crippen molar-refractivity contribution >= 4 is 28.7 Å². The van der Waals surface area contributed by atoms with Crippen LogP contribution in [0.5, 0.6) is 0 Å². The van der Waals surface area contributed by atoms with Crippen molar-refractivity contribution in [1.29, 1.82) is 0 Å². The highest BCUT2D eigenvalue weighted by molar-refractivity contribution is 7.99. The number of aromatic nitrogens is 5. The topological polar surface area (TPSA) is 96.5 Å². The predicted octanol–water partition coefficient (Wildman–Crippen LogP) is 2.20. The molecular weight excluding hydrogens is 324 g/mol. The van der Waals surface area contributed by atoms with E-state index in [9.17, 15) is 4.79 Å². The van der Waals surface area contributed by atoms with Crippen LogP contribution in [-0.2, 0) is 0 Å². The highest BCUT2D eigenvalue weighted by Gasteiger charge is 2.09. The lowest BCUT2D eigenvalue weighted by atomic mass is 10.1. The third-order valence-electron chi connectivity index (χ3n) is 3.53. The van der Waals surface area contributed by atoms with Crippen LogP contribution in [0, 0.1) is 20.8 Å². The number of rotatable bonds is 5. The van der Waals surface area contributed by atoms with Crippen LogP contribution in [0.2, 0.25) is 0 Å². The van der Waals surface area contributed by atoms with Gasteiger partial charge in [0.25, 0.3) is 5.91 Å². The molecule has 0 radical (unpaired) electrons. The molecule has 0 saturated heterocycles. The number of carbonyl (C=O) groups excluding carboxylic acids is 1. The number of amides is 1. The maximum atomic E-state index is 12.2. The first-order valence-electron chi connectivity index (χ1n) is 7.58. The summed E-state index contributed by atoms with van der Waals surface area (Å²) in [5.74, 6) is 1.36. The van der Waals surface area contributed by atoms with Gasteiger partial charge in [-0.15, -0.1) is 5.10 Å². The molecule has 0 spiro atoms. The monoisotopic (exact) mass is 342 g/mol. The van der Waals surface area contributed by atoms with Gasteiger partial charge in [0, 0.05) is 17.9 Å². The van der Waals surface area contributed by atoms with Crippen molar-refractivity contribution < 1.29 is 4.79 Å². The van der Waals surface area contributed by atoms with E-state index in [1.54, 1.807) is 12.1 Å². The van der Waals surface area contributed by atoms with E-state index in [4.69, 9.17) is 0 Å². The van der Waals surface area contributed by atoms with Crippen LogP contribution < -0.4 is 5.32 Å². The predicted molar refractivity (Wildman–Crippen MR) is 93.2 cm³/mol. The van der Waals surface area contributed by atoms with E-state index in [-0.39, 0.29) is 5.91 Å². The molecule has 7 nitrogen and oxygen atoms in total. The van der Waals surface area contributed by atoms with Gasteiger partial charge in [-0.3, -0.25) is 9.89 Å². The van der Waals surface area contributed by atoms with Crippen molar-refractivity contribution in [2.45, 2.75) is 25.9 Å². The summed E-state index contributed by atoms with van der Waals surface area (Å²) in [7, 11) is 0. The van der Waals surface area contributed by atoms with Gasteiger partial charge in [-0.05, 0) is 39.0 Å². The average Bonchev–Trinajstić information content (AvgIpc) is 2.97. The summed E-state index contributed by atoms with van der Waals surface area (Å²) in [6.07, 6.45) is 0. The Kier molecular flexibility index (Phi) is 4.75. The number of fused-ring (bicyclic) bond motifs is 1. The molecule has 24 heavy (non-hydrogen) atoms. The first kappa shape index (κ1) is 16.4. The molecule has 2 heterocycles. The lowest BCUT2D eigenvalue weighted by molar-refractivity contribution is 0.0956. The second-order valence-electron chi connectivity index (χ2n) is 5.41. The van der Waals surface area contributed by atoms with Gasteiger partial charge in [0.2, 0.25) is 5.16 Å². The van der Waals surface area contributed by atoms with E-state index in [0.29, 0.717) is 23.0 Å². The van der Waals surface area contributed by atoms with Gasteiger partial charge in [-0.25, -0.2) is 15.0 Å². The first-order chi connectivity index (χ1) is 11.5. The maximum absolute atomic E-state index is 12.2. The zero-order valence-corrected chi connectivity index (χ0v) is 14.6. The van der Waals surface area contributed by atoms with Gasteiger partial charge in [-0.2, -0.15) is 0 Å². The number of hydrogen-bond acceptors (Lipinski definition) is 6. The van der Waals surface area contributed by atoms with Crippen molar-refractivity contribution in [3.63, 3.8) is 0 Å². The molecule has 1 aromatic carbocycles. The Morgan fingerprint density at radius 2 is 1.88 bits per heavy atom. The molecule has 2 N–H and O–H groups in total. The van der Waals surface area contributed by atoms with Gasteiger partial charge in [-0.1, -0.05) is 11.8 Å². The second-order valence-corrected chi connectivity index (χ2v) is 6.47. The third kappa shape index (κ3) is 3.70. The molecular formula is C16H18N6OS. The Bertz CT molecular complexity index is 891. The number of aromatic amines is 1. The lowest BCUT2D eigenvalue weighted by Crippen LogP contribution is -2.25. The fourth-order valence-corrected chi connectivity index (χ4v) is 2.87. The zero-order chi connectivity index (χ0) is 17.1. The van der Waals surface area contributed by atoms with Gasteiger partial charge >= 0.3 is 0 Å². The van der Waals surface area contributed by atoms with Crippen molar-refractivity contribution in [3.05, 3.63) is 41.0 Å². The summed E-state index contributed by atoms with van der Waals surface area (Å²) in [6.45, 7) is 6.23. The summed E-state index contributed by atoms with van der Waals surface area (Å²) < 4.78 is 0. The summed E-state index contributed by atoms with van der Waals surface area (Å²) in [4.78, 5) is 25.4. The van der Waals surface area contributed by atoms with Gasteiger partial charge < -0.3 is 5.32 Å². The number of benzene rings is 1. The smallest absolute Gasteiger partial charge is 0.251 e. The number of nitrogens with zero attached hydrogens (tertiary/aromatic N) is 4. The van der Waals surface area contributed by atoms with Gasteiger partial charge in [0.05, 0.1) is 22.4 Å².